The smallest absolute Gasteiger partial charge is 0.341 e. The lowest BCUT2D eigenvalue weighted by molar-refractivity contribution is -0.139. The summed E-state index contributed by atoms with van der Waals surface area (Å²) >= 11 is 0. The minimum atomic E-state index is -4.35. The Bertz CT molecular complexity index is 617. The second-order valence-electron chi connectivity index (χ2n) is 7.85. The van der Waals surface area contributed by atoms with Crippen LogP contribution in [-0.2, 0) is 9.59 Å². The third-order valence-corrected chi connectivity index (χ3v) is 5.54. The van der Waals surface area contributed by atoms with Crippen LogP contribution in [0.4, 0.5) is 13.2 Å². The molecule has 0 aromatic carbocycles. The fraction of sp³-hybridized carbons (Fsp3) is 0.684. The van der Waals surface area contributed by atoms with E-state index in [-0.39, 0.29) is 47.7 Å². The van der Waals surface area contributed by atoms with Gasteiger partial charge in [-0.25, -0.2) is 0 Å². The van der Waals surface area contributed by atoms with Gasteiger partial charge in [0, 0.05) is 43.2 Å². The second kappa shape index (κ2) is 6.61. The molecule has 1 saturated carbocycles. The van der Waals surface area contributed by atoms with Crippen LogP contribution in [0, 0.1) is 29.6 Å². The Kier molecular flexibility index (Phi) is 4.82. The summed E-state index contributed by atoms with van der Waals surface area (Å²) in [5.41, 5.74) is -0.632. The van der Waals surface area contributed by atoms with Gasteiger partial charge in [-0.1, -0.05) is 32.1 Å². The zero-order valence-corrected chi connectivity index (χ0v) is 14.6. The average molecular weight is 355 g/mol. The predicted octanol–water partition coefficient (Wildman–Crippen LogP) is 3.76. The number of amides is 1. The minimum Gasteiger partial charge on any atom is -0.341 e. The number of nitrogens with zero attached hydrogens (tertiary/aromatic N) is 1. The molecule has 1 aliphatic heterocycles. The van der Waals surface area contributed by atoms with E-state index in [1.54, 1.807) is 11.0 Å². The largest absolute Gasteiger partial charge is 0.416 e. The van der Waals surface area contributed by atoms with Gasteiger partial charge in [-0.15, -0.1) is 0 Å². The van der Waals surface area contributed by atoms with Crippen LogP contribution in [0.3, 0.4) is 0 Å². The van der Waals surface area contributed by atoms with Gasteiger partial charge < -0.3 is 4.90 Å². The molecule has 0 aromatic heterocycles. The van der Waals surface area contributed by atoms with E-state index in [4.69, 9.17) is 0 Å². The lowest BCUT2D eigenvalue weighted by atomic mass is 9.88. The highest BCUT2D eigenvalue weighted by molar-refractivity contribution is 5.89. The quantitative estimate of drug-likeness (QED) is 0.753. The Morgan fingerprint density at radius 2 is 1.84 bits per heavy atom. The van der Waals surface area contributed by atoms with E-state index in [0.29, 0.717) is 13.1 Å². The Hall–Kier alpha value is -1.59. The van der Waals surface area contributed by atoms with E-state index < -0.39 is 11.7 Å². The van der Waals surface area contributed by atoms with E-state index in [1.165, 1.54) is 6.08 Å². The minimum absolute atomic E-state index is 0.0367. The first-order chi connectivity index (χ1) is 11.7. The van der Waals surface area contributed by atoms with Crippen molar-refractivity contribution in [2.75, 3.05) is 13.1 Å². The van der Waals surface area contributed by atoms with E-state index in [9.17, 15) is 22.8 Å². The lowest BCUT2D eigenvalue weighted by Crippen LogP contribution is -2.38. The molecule has 0 spiro atoms. The van der Waals surface area contributed by atoms with Gasteiger partial charge in [0.25, 0.3) is 0 Å². The maximum absolute atomic E-state index is 12.9. The molecule has 3 nitrogen and oxygen atoms in total. The van der Waals surface area contributed by atoms with Gasteiger partial charge in [0.1, 0.15) is 5.78 Å². The summed E-state index contributed by atoms with van der Waals surface area (Å²) in [5.74, 6) is -0.510. The standard InChI is InChI=1S/C19H24F3NO2/c1-11(2)16(8-17(24)12-3-4-12)18(25)23-9-13-5-6-15(19(20,21)22)7-14(13)10-23/h5-7,11-14,16H,3-4,8-10H2,1-2H3. The zero-order chi connectivity index (χ0) is 18.4. The van der Waals surface area contributed by atoms with Crippen molar-refractivity contribution in [3.63, 3.8) is 0 Å². The molecule has 3 unspecified atom stereocenters. The highest BCUT2D eigenvalue weighted by Crippen LogP contribution is 2.38. The van der Waals surface area contributed by atoms with Gasteiger partial charge in [-0.2, -0.15) is 13.2 Å². The van der Waals surface area contributed by atoms with Crippen LogP contribution in [0.15, 0.2) is 23.8 Å². The average Bonchev–Trinajstić information content (AvgIpc) is 3.29. The van der Waals surface area contributed by atoms with Crippen LogP contribution in [0.25, 0.3) is 0 Å². The van der Waals surface area contributed by atoms with Gasteiger partial charge in [0.2, 0.25) is 5.91 Å². The Morgan fingerprint density at radius 3 is 2.40 bits per heavy atom. The molecule has 3 rings (SSSR count). The molecule has 0 N–H and O–H groups in total. The first-order valence-corrected chi connectivity index (χ1v) is 8.95. The number of halogens is 3. The summed E-state index contributed by atoms with van der Waals surface area (Å²) in [5, 5.41) is 0. The third kappa shape index (κ3) is 3.98. The molecule has 1 heterocycles. The summed E-state index contributed by atoms with van der Waals surface area (Å²) in [6.45, 7) is 4.58. The van der Waals surface area contributed by atoms with Gasteiger partial charge in [-0.05, 0) is 18.8 Å². The van der Waals surface area contributed by atoms with Crippen LogP contribution < -0.4 is 0 Å². The summed E-state index contributed by atoms with van der Waals surface area (Å²) in [6.07, 6.45) is 1.68. The van der Waals surface area contributed by atoms with E-state index in [0.717, 1.165) is 18.9 Å². The number of allylic oxidation sites excluding steroid dienone is 2. The molecule has 0 aromatic rings. The van der Waals surface area contributed by atoms with E-state index >= 15 is 0 Å². The van der Waals surface area contributed by atoms with Crippen LogP contribution in [0.5, 0.6) is 0 Å². The highest BCUT2D eigenvalue weighted by atomic mass is 19.4. The molecule has 6 heteroatoms. The van der Waals surface area contributed by atoms with Gasteiger partial charge in [0.15, 0.2) is 0 Å². The highest BCUT2D eigenvalue weighted by Gasteiger charge is 2.42. The number of likely N-dealkylation sites (tertiary alicyclic amines) is 1. The van der Waals surface area contributed by atoms with Crippen molar-refractivity contribution in [2.24, 2.45) is 29.6 Å². The monoisotopic (exact) mass is 355 g/mol. The number of carbonyl (C=O) groups is 2. The zero-order valence-electron chi connectivity index (χ0n) is 14.6. The maximum Gasteiger partial charge on any atom is 0.416 e. The molecule has 1 saturated heterocycles. The van der Waals surface area contributed by atoms with Crippen molar-refractivity contribution in [1.82, 2.24) is 4.90 Å². The SMILES string of the molecule is CC(C)C(CC(=O)C1CC1)C(=O)N1CC2C=CC(C(F)(F)F)=CC2C1. The third-order valence-electron chi connectivity index (χ3n) is 5.54. The second-order valence-corrected chi connectivity index (χ2v) is 7.85. The number of Topliss-reactive ketones (excluding diaryl/α,β-unsaturated/α-hetero) is 1. The molecule has 1 amide bonds. The number of carbonyl (C=O) groups excluding carboxylic acids is 2. The van der Waals surface area contributed by atoms with Crippen LogP contribution in [0.2, 0.25) is 0 Å². The first-order valence-electron chi connectivity index (χ1n) is 8.95. The molecule has 0 radical (unpaired) electrons. The van der Waals surface area contributed by atoms with Crippen LogP contribution >= 0.6 is 0 Å². The molecule has 138 valence electrons. The number of ketones is 1. The number of hydrogen-bond acceptors (Lipinski definition) is 2. The van der Waals surface area contributed by atoms with Crippen molar-refractivity contribution in [2.45, 2.75) is 39.3 Å². The number of rotatable bonds is 5. The maximum atomic E-state index is 12.9. The Balaban J connectivity index is 1.68. The molecule has 3 aliphatic rings. The van der Waals surface area contributed by atoms with Gasteiger partial charge in [-0.3, -0.25) is 9.59 Å². The van der Waals surface area contributed by atoms with Crippen LogP contribution in [-0.4, -0.2) is 35.9 Å². The van der Waals surface area contributed by atoms with Crippen molar-refractivity contribution in [3.05, 3.63) is 23.8 Å². The molecule has 2 aliphatic carbocycles. The summed E-state index contributed by atoms with van der Waals surface area (Å²) in [4.78, 5) is 26.7. The lowest BCUT2D eigenvalue weighted by Gasteiger charge is -2.25. The number of alkyl halides is 3. The molecule has 3 atom stereocenters. The van der Waals surface area contributed by atoms with Crippen molar-refractivity contribution >= 4 is 11.7 Å². The number of hydrogen-bond donors (Lipinski definition) is 0. The Morgan fingerprint density at radius 1 is 1.20 bits per heavy atom. The molecule has 0 bridgehead atoms. The van der Waals surface area contributed by atoms with Crippen molar-refractivity contribution < 1.29 is 22.8 Å². The number of fused-ring (bicyclic) bond motifs is 1. The summed E-state index contributed by atoms with van der Waals surface area (Å²) < 4.78 is 38.6. The molecule has 25 heavy (non-hydrogen) atoms. The molecular formula is C19H24F3NO2. The summed E-state index contributed by atoms with van der Waals surface area (Å²) in [7, 11) is 0. The predicted molar refractivity (Wildman–Crippen MR) is 87.5 cm³/mol. The van der Waals surface area contributed by atoms with E-state index in [2.05, 4.69) is 0 Å². The topological polar surface area (TPSA) is 37.4 Å². The fourth-order valence-corrected chi connectivity index (χ4v) is 3.75. The van der Waals surface area contributed by atoms with Crippen molar-refractivity contribution in [3.8, 4) is 0 Å². The fourth-order valence-electron chi connectivity index (χ4n) is 3.75. The molecular weight excluding hydrogens is 331 g/mol. The summed E-state index contributed by atoms with van der Waals surface area (Å²) in [6, 6.07) is 0. The van der Waals surface area contributed by atoms with E-state index in [1.807, 2.05) is 13.8 Å². The Labute approximate surface area is 145 Å². The normalized spacial score (nSPS) is 27.3. The van der Waals surface area contributed by atoms with Gasteiger partial charge >= 0.3 is 6.18 Å². The molecule has 2 fully saturated rings. The first kappa shape index (κ1) is 18.2. The van der Waals surface area contributed by atoms with Crippen molar-refractivity contribution in [1.29, 1.82) is 0 Å². The van der Waals surface area contributed by atoms with Crippen LogP contribution in [0.1, 0.15) is 33.1 Å². The van der Waals surface area contributed by atoms with Gasteiger partial charge in [0.05, 0.1) is 5.57 Å².